The third kappa shape index (κ3) is 13.1. The van der Waals surface area contributed by atoms with Gasteiger partial charge in [0.2, 0.25) is 11.9 Å². The zero-order valence-electron chi connectivity index (χ0n) is 37.7. The summed E-state index contributed by atoms with van der Waals surface area (Å²) < 4.78 is 54.1. The predicted octanol–water partition coefficient (Wildman–Crippen LogP) is 8.34. The molecule has 7 rings (SSSR count). The van der Waals surface area contributed by atoms with Gasteiger partial charge < -0.3 is 42.0 Å². The van der Waals surface area contributed by atoms with Crippen molar-refractivity contribution in [2.45, 2.75) is 30.6 Å². The van der Waals surface area contributed by atoms with E-state index in [-0.39, 0.29) is 70.3 Å². The van der Waals surface area contributed by atoms with Crippen molar-refractivity contribution in [3.05, 3.63) is 142 Å². The molecule has 0 aliphatic heterocycles. The van der Waals surface area contributed by atoms with Crippen LogP contribution in [0.25, 0.3) is 11.3 Å². The van der Waals surface area contributed by atoms with E-state index in [0.29, 0.717) is 41.4 Å². The second-order valence-electron chi connectivity index (χ2n) is 16.0. The van der Waals surface area contributed by atoms with Gasteiger partial charge in [0.25, 0.3) is 11.8 Å². The molecule has 1 fully saturated rings. The van der Waals surface area contributed by atoms with Crippen LogP contribution in [0.4, 0.5) is 47.8 Å². The lowest BCUT2D eigenvalue weighted by Crippen LogP contribution is -2.30. The van der Waals surface area contributed by atoms with E-state index in [4.69, 9.17) is 16.2 Å². The Morgan fingerprint density at radius 3 is 2.46 bits per heavy atom. The summed E-state index contributed by atoms with van der Waals surface area (Å²) in [6, 6.07) is 18.6. The Hall–Kier alpha value is -7.07. The minimum absolute atomic E-state index is 0.00597. The summed E-state index contributed by atoms with van der Waals surface area (Å²) in [4.78, 5) is 59.5. The smallest absolute Gasteiger partial charge is 0.258 e. The minimum Gasteiger partial charge on any atom is -0.486 e. The van der Waals surface area contributed by atoms with Crippen LogP contribution in [-0.4, -0.2) is 94.3 Å². The number of likely N-dealkylation sites (N-methyl/N-ethyl adjacent to an activating group) is 2. The Kier molecular flexibility index (Phi) is 16.5. The number of amides is 3. The number of primary amides is 1. The average Bonchev–Trinajstić information content (AvgIpc) is 4.17. The normalized spacial score (nSPS) is 12.3. The molecule has 21 heteroatoms. The first-order valence-corrected chi connectivity index (χ1v) is 23.2. The molecule has 6 aromatic rings. The van der Waals surface area contributed by atoms with Crippen LogP contribution in [0, 0.1) is 24.4 Å². The molecular formula is C48H48BrF3N12O4S. The average molecular weight is 1030 g/mol. The summed E-state index contributed by atoms with van der Waals surface area (Å²) in [5, 5.41) is 8.71. The highest BCUT2D eigenvalue weighted by Gasteiger charge is 2.26. The second kappa shape index (κ2) is 22.8. The third-order valence-corrected chi connectivity index (χ3v) is 12.3. The molecule has 2 aromatic heterocycles. The summed E-state index contributed by atoms with van der Waals surface area (Å²) >= 11 is 4.84. The lowest BCUT2D eigenvalue weighted by Gasteiger charge is -2.19. The van der Waals surface area contributed by atoms with Crippen molar-refractivity contribution in [1.29, 1.82) is 0 Å². The number of hydrogen-bond donors (Lipinski definition) is 6. The number of rotatable bonds is 21. The van der Waals surface area contributed by atoms with Crippen LogP contribution in [0.5, 0.6) is 5.75 Å². The molecule has 358 valence electrons. The maximum Gasteiger partial charge on any atom is 0.258 e. The van der Waals surface area contributed by atoms with Gasteiger partial charge in [0.15, 0.2) is 11.6 Å². The fraction of sp³-hybridized carbons (Fsp3) is 0.229. The summed E-state index contributed by atoms with van der Waals surface area (Å²) in [5.41, 5.74) is 13.9. The molecule has 8 N–H and O–H groups in total. The van der Waals surface area contributed by atoms with E-state index in [2.05, 4.69) is 56.5 Å². The van der Waals surface area contributed by atoms with Crippen LogP contribution in [0.3, 0.4) is 0 Å². The number of nitrogens with zero attached hydrogens (tertiary/aromatic N) is 6. The predicted molar refractivity (Wildman–Crippen MR) is 264 cm³/mol. The molecule has 0 unspecified atom stereocenters. The Bertz CT molecular complexity index is 2890. The Balaban J connectivity index is 0.835. The fourth-order valence-corrected chi connectivity index (χ4v) is 7.85. The Morgan fingerprint density at radius 2 is 1.72 bits per heavy atom. The highest BCUT2D eigenvalue weighted by atomic mass is 79.9. The molecule has 1 saturated carbocycles. The molecule has 1 aliphatic rings. The third-order valence-electron chi connectivity index (χ3n) is 10.9. The summed E-state index contributed by atoms with van der Waals surface area (Å²) in [5.74, 6) is -3.01. The van der Waals surface area contributed by atoms with Crippen LogP contribution in [0.15, 0.2) is 107 Å². The molecule has 3 amide bonds. The number of nitrogens with one attached hydrogen (secondary N) is 4. The van der Waals surface area contributed by atoms with Crippen molar-refractivity contribution in [3.8, 4) is 17.0 Å². The highest BCUT2D eigenvalue weighted by molar-refractivity contribution is 9.10. The molecule has 4 aromatic carbocycles. The number of aromatic nitrogens is 4. The van der Waals surface area contributed by atoms with Gasteiger partial charge in [-0.3, -0.25) is 19.1 Å². The standard InChI is InChI=1S/C48H48BrF3N12O4S/c1-27-34(23-30(50)24-39(27)61-47(67)33-16-11-29(22-37(33)52)28-9-10-28)42-43(44(53)57-26-56-42)68-21-20-64(3)40(65)8-5-18-63(2)19-17-58-69-32-14-12-31(13-15-32)59-48-55-25-35(49)46(62-48)60-38-7-4-6-36(51)41(38)45(54)66/h4-8,11-16,22-26,28,58H,9-10,17-21H2,1-3H3,(H2,54,66)(H,61,67)(H2,53,56,57)(H2,55,59,60,62)/b8-5+. The summed E-state index contributed by atoms with van der Waals surface area (Å²) in [7, 11) is 3.57. The van der Waals surface area contributed by atoms with Crippen molar-refractivity contribution < 1.29 is 32.3 Å². The summed E-state index contributed by atoms with van der Waals surface area (Å²) in [6.07, 6.45) is 7.97. The van der Waals surface area contributed by atoms with E-state index in [1.165, 1.54) is 65.8 Å². The van der Waals surface area contributed by atoms with Gasteiger partial charge in [-0.1, -0.05) is 18.2 Å². The van der Waals surface area contributed by atoms with E-state index < -0.39 is 29.3 Å². The number of nitrogen functional groups attached to an aromatic ring is 1. The highest BCUT2D eigenvalue weighted by Crippen LogP contribution is 2.41. The maximum atomic E-state index is 15.1. The molecule has 0 saturated heterocycles. The van der Waals surface area contributed by atoms with E-state index in [0.717, 1.165) is 41.1 Å². The largest absolute Gasteiger partial charge is 0.486 e. The molecule has 0 bridgehead atoms. The van der Waals surface area contributed by atoms with Crippen LogP contribution in [0.1, 0.15) is 50.6 Å². The van der Waals surface area contributed by atoms with Gasteiger partial charge in [-0.2, -0.15) is 4.98 Å². The number of carbonyl (C=O) groups excluding carboxylic acids is 3. The van der Waals surface area contributed by atoms with E-state index in [1.54, 1.807) is 26.1 Å². The lowest BCUT2D eigenvalue weighted by atomic mass is 10.0. The van der Waals surface area contributed by atoms with E-state index in [1.807, 2.05) is 36.2 Å². The Labute approximate surface area is 408 Å². The minimum atomic E-state index is -0.913. The maximum absolute atomic E-state index is 15.1. The van der Waals surface area contributed by atoms with Crippen LogP contribution in [0.2, 0.25) is 0 Å². The van der Waals surface area contributed by atoms with E-state index >= 15 is 4.39 Å². The molecule has 0 spiro atoms. The van der Waals surface area contributed by atoms with Crippen LogP contribution in [-0.2, 0) is 4.79 Å². The number of anilines is 6. The zero-order valence-corrected chi connectivity index (χ0v) is 40.1. The van der Waals surface area contributed by atoms with Crippen LogP contribution >= 0.6 is 27.9 Å². The number of carbonyl (C=O) groups is 3. The number of halogens is 4. The van der Waals surface area contributed by atoms with Gasteiger partial charge >= 0.3 is 0 Å². The molecule has 16 nitrogen and oxygen atoms in total. The van der Waals surface area contributed by atoms with Gasteiger partial charge in [-0.25, -0.2) is 28.1 Å². The first-order valence-electron chi connectivity index (χ1n) is 21.5. The van der Waals surface area contributed by atoms with Crippen molar-refractivity contribution in [2.24, 2.45) is 5.73 Å². The topological polar surface area (TPSA) is 219 Å². The van der Waals surface area contributed by atoms with Crippen LogP contribution < -0.4 is 36.9 Å². The number of hydrogen-bond acceptors (Lipinski definition) is 14. The fourth-order valence-electron chi connectivity index (χ4n) is 6.93. The van der Waals surface area contributed by atoms with Gasteiger partial charge in [0, 0.05) is 60.8 Å². The van der Waals surface area contributed by atoms with E-state index in [9.17, 15) is 23.2 Å². The molecule has 0 atom stereocenters. The number of ether oxygens (including phenoxy) is 1. The SMILES string of the molecule is Cc1c(NC(=O)c2ccc(C3CC3)cc2F)cc(F)cc1-c1ncnc(N)c1OCCN(C)C(=O)/C=C/CN(C)CCNSc1ccc(Nc2ncc(Br)c(Nc3cccc(F)c3C(N)=O)n2)cc1. The Morgan fingerprint density at radius 1 is 0.942 bits per heavy atom. The molecule has 0 radical (unpaired) electrons. The van der Waals surface area contributed by atoms with Crippen molar-refractivity contribution in [1.82, 2.24) is 34.5 Å². The first kappa shape index (κ1) is 49.8. The quantitative estimate of drug-likeness (QED) is 0.0227. The van der Waals surface area contributed by atoms with Crippen molar-refractivity contribution >= 4 is 80.2 Å². The van der Waals surface area contributed by atoms with Crippen molar-refractivity contribution in [2.75, 3.05) is 68.6 Å². The lowest BCUT2D eigenvalue weighted by molar-refractivity contribution is -0.125. The van der Waals surface area contributed by atoms with Gasteiger partial charge in [-0.15, -0.1) is 0 Å². The van der Waals surface area contributed by atoms with Gasteiger partial charge in [0.1, 0.15) is 41.9 Å². The molecular weight excluding hydrogens is 978 g/mol. The van der Waals surface area contributed by atoms with Gasteiger partial charge in [-0.05, 0) is 132 Å². The number of nitrogens with two attached hydrogens (primary N) is 2. The zero-order chi connectivity index (χ0) is 49.2. The monoisotopic (exact) mass is 1020 g/mol. The molecule has 1 aliphatic carbocycles. The van der Waals surface area contributed by atoms with Gasteiger partial charge in [0.05, 0.1) is 27.8 Å². The number of benzene rings is 4. The first-order chi connectivity index (χ1) is 33.1. The van der Waals surface area contributed by atoms with Crippen molar-refractivity contribution in [3.63, 3.8) is 0 Å². The second-order valence-corrected chi connectivity index (χ2v) is 17.8. The summed E-state index contributed by atoms with van der Waals surface area (Å²) in [6.45, 7) is 3.71. The molecule has 2 heterocycles. The molecule has 69 heavy (non-hydrogen) atoms.